The highest BCUT2D eigenvalue weighted by atomic mass is 16.6. The molecule has 0 fully saturated rings. The number of H-pyrrole nitrogens is 1. The van der Waals surface area contributed by atoms with Crippen LogP contribution in [-0.4, -0.2) is 46.5 Å². The van der Waals surface area contributed by atoms with Crippen molar-refractivity contribution in [1.29, 1.82) is 0 Å². The number of ether oxygens (including phenoxy) is 2. The maximum Gasteiger partial charge on any atom is 0.408 e. The number of hydrogen-bond donors (Lipinski definition) is 4. The Labute approximate surface area is 214 Å². The molecule has 3 aromatic rings. The summed E-state index contributed by atoms with van der Waals surface area (Å²) in [6.45, 7) is 5.12. The van der Waals surface area contributed by atoms with Crippen LogP contribution in [0.1, 0.15) is 38.3 Å². The molecule has 2 atom stereocenters. The van der Waals surface area contributed by atoms with Crippen LogP contribution in [-0.2, 0) is 36.9 Å². The Hall–Kier alpha value is -4.34. The van der Waals surface area contributed by atoms with Crippen LogP contribution in [0, 0.1) is 0 Å². The van der Waals surface area contributed by atoms with E-state index < -0.39 is 48.0 Å². The minimum Gasteiger partial charge on any atom is -0.461 e. The Morgan fingerprint density at radius 3 is 2.30 bits per heavy atom. The van der Waals surface area contributed by atoms with Gasteiger partial charge in [0.1, 0.15) is 24.3 Å². The zero-order chi connectivity index (χ0) is 27.0. The first-order valence-electron chi connectivity index (χ1n) is 11.9. The number of nitrogens with two attached hydrogens (primary N) is 1. The van der Waals surface area contributed by atoms with Crippen LogP contribution in [0.5, 0.6) is 0 Å². The average Bonchev–Trinajstić information content (AvgIpc) is 3.24. The molecule has 2 aromatic carbocycles. The Bertz CT molecular complexity index is 1250. The van der Waals surface area contributed by atoms with Crippen molar-refractivity contribution in [3.05, 3.63) is 71.9 Å². The highest BCUT2D eigenvalue weighted by Gasteiger charge is 2.30. The second kappa shape index (κ2) is 12.1. The van der Waals surface area contributed by atoms with Gasteiger partial charge in [0, 0.05) is 23.5 Å². The third kappa shape index (κ3) is 8.38. The molecular weight excluding hydrogens is 476 g/mol. The first-order chi connectivity index (χ1) is 17.5. The van der Waals surface area contributed by atoms with Crippen LogP contribution in [0.2, 0.25) is 0 Å². The average molecular weight is 509 g/mol. The van der Waals surface area contributed by atoms with Gasteiger partial charge in [0.15, 0.2) is 0 Å². The van der Waals surface area contributed by atoms with Gasteiger partial charge >= 0.3 is 12.1 Å². The lowest BCUT2D eigenvalue weighted by Gasteiger charge is -2.24. The number of aromatic amines is 1. The number of para-hydroxylation sites is 1. The van der Waals surface area contributed by atoms with Gasteiger partial charge in [0.25, 0.3) is 0 Å². The predicted molar refractivity (Wildman–Crippen MR) is 137 cm³/mol. The molecule has 0 spiro atoms. The Balaban J connectivity index is 1.71. The molecule has 0 aliphatic heterocycles. The smallest absolute Gasteiger partial charge is 0.408 e. The van der Waals surface area contributed by atoms with E-state index in [0.717, 1.165) is 22.0 Å². The zero-order valence-corrected chi connectivity index (χ0v) is 21.1. The van der Waals surface area contributed by atoms with E-state index in [1.54, 1.807) is 51.2 Å². The van der Waals surface area contributed by atoms with Crippen molar-refractivity contribution in [3.63, 3.8) is 0 Å². The fourth-order valence-corrected chi connectivity index (χ4v) is 3.64. The number of hydrogen-bond acceptors (Lipinski definition) is 6. The van der Waals surface area contributed by atoms with Crippen LogP contribution >= 0.6 is 0 Å². The lowest BCUT2D eigenvalue weighted by Crippen LogP contribution is -2.54. The van der Waals surface area contributed by atoms with Crippen molar-refractivity contribution in [3.8, 4) is 0 Å². The topological polar surface area (TPSA) is 153 Å². The van der Waals surface area contributed by atoms with Gasteiger partial charge < -0.3 is 30.8 Å². The van der Waals surface area contributed by atoms with E-state index in [1.165, 1.54) is 0 Å². The predicted octanol–water partition coefficient (Wildman–Crippen LogP) is 2.71. The number of rotatable bonds is 10. The number of esters is 1. The second-order valence-electron chi connectivity index (χ2n) is 9.58. The monoisotopic (exact) mass is 508 g/mol. The van der Waals surface area contributed by atoms with Gasteiger partial charge in [-0.15, -0.1) is 0 Å². The molecule has 196 valence electrons. The summed E-state index contributed by atoms with van der Waals surface area (Å²) in [7, 11) is 0. The number of aromatic nitrogens is 1. The van der Waals surface area contributed by atoms with Crippen LogP contribution < -0.4 is 16.4 Å². The number of nitrogens with one attached hydrogen (secondary N) is 3. The molecule has 0 saturated carbocycles. The van der Waals surface area contributed by atoms with Crippen LogP contribution in [0.15, 0.2) is 60.8 Å². The summed E-state index contributed by atoms with van der Waals surface area (Å²) in [4.78, 5) is 53.2. The summed E-state index contributed by atoms with van der Waals surface area (Å²) >= 11 is 0. The third-order valence-electron chi connectivity index (χ3n) is 5.38. The van der Waals surface area contributed by atoms with Gasteiger partial charge in [-0.05, 0) is 38.0 Å². The SMILES string of the molecule is CC(C)(C)OC(=O)N[C@@H](Cc1c[nH]c2ccccc12)C(=O)N[C@H](CC(=O)OCc1ccccc1)C(N)=O. The minimum absolute atomic E-state index is 0.0164. The first kappa shape index (κ1) is 27.3. The summed E-state index contributed by atoms with van der Waals surface area (Å²) < 4.78 is 10.5. The normalized spacial score (nSPS) is 12.8. The van der Waals surface area contributed by atoms with E-state index in [9.17, 15) is 19.2 Å². The molecule has 10 nitrogen and oxygen atoms in total. The lowest BCUT2D eigenvalue weighted by molar-refractivity contribution is -0.147. The molecule has 3 amide bonds. The number of amides is 3. The molecule has 0 aliphatic carbocycles. The van der Waals surface area contributed by atoms with E-state index in [-0.39, 0.29) is 13.0 Å². The van der Waals surface area contributed by atoms with Gasteiger partial charge in [0.05, 0.1) is 6.42 Å². The summed E-state index contributed by atoms with van der Waals surface area (Å²) in [6, 6.07) is 14.1. The molecule has 0 aliphatic rings. The molecule has 3 rings (SSSR count). The van der Waals surface area contributed by atoms with Crippen molar-refractivity contribution in [2.75, 3.05) is 0 Å². The molecule has 0 saturated heterocycles. The Kier molecular flexibility index (Phi) is 8.89. The second-order valence-corrected chi connectivity index (χ2v) is 9.58. The fourth-order valence-electron chi connectivity index (χ4n) is 3.64. The quantitative estimate of drug-likeness (QED) is 0.309. The molecule has 5 N–H and O–H groups in total. The largest absolute Gasteiger partial charge is 0.461 e. The van der Waals surface area contributed by atoms with E-state index in [1.807, 2.05) is 30.3 Å². The van der Waals surface area contributed by atoms with Crippen molar-refractivity contribution < 1.29 is 28.7 Å². The zero-order valence-electron chi connectivity index (χ0n) is 21.1. The highest BCUT2D eigenvalue weighted by Crippen LogP contribution is 2.19. The molecule has 0 bridgehead atoms. The maximum absolute atomic E-state index is 13.2. The van der Waals surface area contributed by atoms with Gasteiger partial charge in [-0.3, -0.25) is 14.4 Å². The Morgan fingerprint density at radius 2 is 1.62 bits per heavy atom. The number of fused-ring (bicyclic) bond motifs is 1. The Morgan fingerprint density at radius 1 is 0.946 bits per heavy atom. The summed E-state index contributed by atoms with van der Waals surface area (Å²) in [6.07, 6.45) is 0.582. The van der Waals surface area contributed by atoms with Crippen molar-refractivity contribution in [2.45, 2.75) is 57.9 Å². The van der Waals surface area contributed by atoms with Crippen molar-refractivity contribution in [2.24, 2.45) is 5.73 Å². The fraction of sp³-hybridized carbons (Fsp3) is 0.333. The summed E-state index contributed by atoms with van der Waals surface area (Å²) in [5, 5.41) is 5.92. The number of primary amides is 1. The number of carbonyl (C=O) groups is 4. The van der Waals surface area contributed by atoms with Crippen molar-refractivity contribution in [1.82, 2.24) is 15.6 Å². The number of carbonyl (C=O) groups excluding carboxylic acids is 4. The number of alkyl carbamates (subject to hydrolysis) is 1. The molecular formula is C27H32N4O6. The molecule has 1 heterocycles. The van der Waals surface area contributed by atoms with Gasteiger partial charge in [-0.1, -0.05) is 48.5 Å². The van der Waals surface area contributed by atoms with E-state index in [0.29, 0.717) is 0 Å². The van der Waals surface area contributed by atoms with E-state index in [2.05, 4.69) is 15.6 Å². The number of benzene rings is 2. The maximum atomic E-state index is 13.2. The molecule has 1 aromatic heterocycles. The van der Waals surface area contributed by atoms with Gasteiger partial charge in [-0.25, -0.2) is 4.79 Å². The van der Waals surface area contributed by atoms with E-state index in [4.69, 9.17) is 15.2 Å². The van der Waals surface area contributed by atoms with Crippen LogP contribution in [0.3, 0.4) is 0 Å². The molecule has 0 radical (unpaired) electrons. The van der Waals surface area contributed by atoms with Gasteiger partial charge in [-0.2, -0.15) is 0 Å². The minimum atomic E-state index is -1.33. The third-order valence-corrected chi connectivity index (χ3v) is 5.38. The van der Waals surface area contributed by atoms with E-state index >= 15 is 0 Å². The first-order valence-corrected chi connectivity index (χ1v) is 11.9. The summed E-state index contributed by atoms with van der Waals surface area (Å²) in [5.74, 6) is -2.31. The highest BCUT2D eigenvalue weighted by molar-refractivity contribution is 5.93. The molecule has 10 heteroatoms. The molecule has 0 unspecified atom stereocenters. The van der Waals surface area contributed by atoms with Crippen molar-refractivity contribution >= 4 is 34.8 Å². The van der Waals surface area contributed by atoms with Crippen LogP contribution in [0.25, 0.3) is 10.9 Å². The van der Waals surface area contributed by atoms with Crippen LogP contribution in [0.4, 0.5) is 4.79 Å². The van der Waals surface area contributed by atoms with Gasteiger partial charge in [0.2, 0.25) is 11.8 Å². The summed E-state index contributed by atoms with van der Waals surface area (Å²) in [5.41, 5.74) is 7.08. The lowest BCUT2D eigenvalue weighted by atomic mass is 10.0. The standard InChI is InChI=1S/C27H32N4O6/c1-27(2,3)37-26(35)31-22(13-18-15-29-20-12-8-7-11-19(18)20)25(34)30-21(24(28)33)14-23(32)36-16-17-9-5-4-6-10-17/h4-12,15,21-22,29H,13-14,16H2,1-3H3,(H2,28,33)(H,30,34)(H,31,35)/t21-,22+/m1/s1. The molecule has 37 heavy (non-hydrogen) atoms.